The number of hydrogen-bond acceptors (Lipinski definition) is 9. The SMILES string of the molecule is COc1cc(C)c(Sc2cnc(NC(=O)c3ccc(N4CCN(C5CC(C6CCCC6)C5)CC4)cc3)s2)cc1C(=O)N1CCOCC1. The van der Waals surface area contributed by atoms with Gasteiger partial charge in [0, 0.05) is 61.5 Å². The third-order valence-corrected chi connectivity index (χ3v) is 12.7. The molecule has 1 aromatic heterocycles. The largest absolute Gasteiger partial charge is 0.496 e. The number of hydrogen-bond donors (Lipinski definition) is 1. The number of carbonyl (C=O) groups is 2. The zero-order valence-electron chi connectivity index (χ0n) is 27.4. The number of methoxy groups -OCH3 is 1. The Hall–Kier alpha value is -3.12. The Bertz CT molecular complexity index is 1550. The maximum atomic E-state index is 13.3. The highest BCUT2D eigenvalue weighted by Gasteiger charge is 2.39. The van der Waals surface area contributed by atoms with Crippen LogP contribution in [0, 0.1) is 18.8 Å². The van der Waals surface area contributed by atoms with Crippen molar-refractivity contribution < 1.29 is 19.1 Å². The predicted molar refractivity (Wildman–Crippen MR) is 187 cm³/mol. The molecule has 2 saturated carbocycles. The van der Waals surface area contributed by atoms with Gasteiger partial charge in [-0.3, -0.25) is 19.8 Å². The molecule has 0 bridgehead atoms. The molecule has 3 heterocycles. The van der Waals surface area contributed by atoms with Crippen molar-refractivity contribution in [3.63, 3.8) is 0 Å². The van der Waals surface area contributed by atoms with Gasteiger partial charge < -0.3 is 19.3 Å². The minimum Gasteiger partial charge on any atom is -0.496 e. The Balaban J connectivity index is 0.916. The molecule has 0 atom stereocenters. The van der Waals surface area contributed by atoms with E-state index in [2.05, 4.69) is 32.2 Å². The molecule has 7 rings (SSSR count). The summed E-state index contributed by atoms with van der Waals surface area (Å²) in [5, 5.41) is 3.51. The molecule has 2 aliphatic carbocycles. The first-order valence-corrected chi connectivity index (χ1v) is 18.7. The van der Waals surface area contributed by atoms with E-state index in [1.54, 1.807) is 18.2 Å². The number of piperazine rings is 1. The molecule has 1 N–H and O–H groups in total. The van der Waals surface area contributed by atoms with Crippen molar-refractivity contribution in [2.75, 3.05) is 69.8 Å². The molecule has 250 valence electrons. The van der Waals surface area contributed by atoms with Gasteiger partial charge in [-0.15, -0.1) is 0 Å². The minimum atomic E-state index is -0.173. The zero-order valence-corrected chi connectivity index (χ0v) is 29.0. The molecule has 0 radical (unpaired) electrons. The summed E-state index contributed by atoms with van der Waals surface area (Å²) in [6.07, 6.45) is 10.4. The Morgan fingerprint density at radius 3 is 2.40 bits per heavy atom. The molecule has 0 spiro atoms. The first-order valence-electron chi connectivity index (χ1n) is 17.0. The van der Waals surface area contributed by atoms with Gasteiger partial charge in [0.15, 0.2) is 5.13 Å². The van der Waals surface area contributed by atoms with E-state index in [0.717, 1.165) is 58.7 Å². The number of aromatic nitrogens is 1. The van der Waals surface area contributed by atoms with Crippen LogP contribution in [0.15, 0.2) is 51.7 Å². The smallest absolute Gasteiger partial charge is 0.257 e. The molecule has 9 nitrogen and oxygen atoms in total. The number of amides is 2. The van der Waals surface area contributed by atoms with E-state index in [9.17, 15) is 9.59 Å². The van der Waals surface area contributed by atoms with E-state index in [4.69, 9.17) is 9.47 Å². The molecule has 2 amide bonds. The van der Waals surface area contributed by atoms with Crippen molar-refractivity contribution in [2.24, 2.45) is 11.8 Å². The fraction of sp³-hybridized carbons (Fsp3) is 0.528. The fourth-order valence-electron chi connectivity index (χ4n) is 7.60. The van der Waals surface area contributed by atoms with Crippen molar-refractivity contribution >= 4 is 45.7 Å². The lowest BCUT2D eigenvalue weighted by Crippen LogP contribution is -2.54. The number of morpholine rings is 1. The van der Waals surface area contributed by atoms with E-state index in [0.29, 0.717) is 48.3 Å². The van der Waals surface area contributed by atoms with Crippen LogP contribution in [-0.2, 0) is 4.74 Å². The quantitative estimate of drug-likeness (QED) is 0.278. The van der Waals surface area contributed by atoms with Crippen LogP contribution in [0.3, 0.4) is 0 Å². The number of nitrogens with one attached hydrogen (secondary N) is 1. The highest BCUT2D eigenvalue weighted by molar-refractivity contribution is 8.01. The zero-order chi connectivity index (χ0) is 32.3. The van der Waals surface area contributed by atoms with Crippen LogP contribution >= 0.6 is 23.1 Å². The molecule has 11 heteroatoms. The van der Waals surface area contributed by atoms with E-state index in [-0.39, 0.29) is 11.8 Å². The van der Waals surface area contributed by atoms with E-state index in [1.807, 2.05) is 31.2 Å². The lowest BCUT2D eigenvalue weighted by Gasteiger charge is -2.48. The number of thiazole rings is 1. The second-order valence-corrected chi connectivity index (χ2v) is 15.6. The number of anilines is 2. The van der Waals surface area contributed by atoms with Crippen molar-refractivity contribution in [1.82, 2.24) is 14.8 Å². The summed E-state index contributed by atoms with van der Waals surface area (Å²) >= 11 is 2.95. The number of rotatable bonds is 9. The van der Waals surface area contributed by atoms with Gasteiger partial charge in [0.25, 0.3) is 11.8 Å². The van der Waals surface area contributed by atoms with Gasteiger partial charge in [-0.2, -0.15) is 0 Å². The van der Waals surface area contributed by atoms with Crippen LogP contribution in [0.5, 0.6) is 5.75 Å². The molecule has 4 fully saturated rings. The molecule has 0 unspecified atom stereocenters. The molecule has 4 aliphatic rings. The molecule has 2 aliphatic heterocycles. The van der Waals surface area contributed by atoms with E-state index >= 15 is 0 Å². The number of carbonyl (C=O) groups excluding carboxylic acids is 2. The molecular weight excluding hydrogens is 631 g/mol. The van der Waals surface area contributed by atoms with Crippen molar-refractivity contribution in [3.8, 4) is 5.75 Å². The van der Waals surface area contributed by atoms with Crippen LogP contribution in [-0.4, -0.2) is 92.2 Å². The van der Waals surface area contributed by atoms with Crippen LogP contribution < -0.4 is 15.0 Å². The Kier molecular flexibility index (Phi) is 10.0. The predicted octanol–water partition coefficient (Wildman–Crippen LogP) is 6.43. The summed E-state index contributed by atoms with van der Waals surface area (Å²) in [6, 6.07) is 12.5. The highest BCUT2D eigenvalue weighted by atomic mass is 32.2. The second kappa shape index (κ2) is 14.6. The van der Waals surface area contributed by atoms with Crippen molar-refractivity contribution in [3.05, 3.63) is 59.3 Å². The number of aryl methyl sites for hydroxylation is 1. The Morgan fingerprint density at radius 1 is 0.979 bits per heavy atom. The third-order valence-electron chi connectivity index (χ3n) is 10.5. The molecule has 47 heavy (non-hydrogen) atoms. The molecule has 2 saturated heterocycles. The van der Waals surface area contributed by atoms with Gasteiger partial charge in [-0.25, -0.2) is 4.98 Å². The first kappa shape index (κ1) is 32.4. The van der Waals surface area contributed by atoms with Gasteiger partial charge >= 0.3 is 0 Å². The standard InChI is InChI=1S/C36H45N5O4S2/c1-24-19-31(44-2)30(35(43)41-15-17-45-18-16-41)22-32(24)46-33-23-37-36(47-33)38-34(42)26-7-9-28(10-8-26)39-11-13-40(14-12-39)29-20-27(21-29)25-5-3-4-6-25/h7-10,19,22-23,25,27,29H,3-6,11-18,20-21H2,1-2H3,(H,37,38,42). The van der Waals surface area contributed by atoms with Gasteiger partial charge in [0.2, 0.25) is 0 Å². The summed E-state index contributed by atoms with van der Waals surface area (Å²) in [4.78, 5) is 38.8. The average molecular weight is 676 g/mol. The van der Waals surface area contributed by atoms with Crippen molar-refractivity contribution in [1.29, 1.82) is 0 Å². The maximum absolute atomic E-state index is 13.3. The summed E-state index contributed by atoms with van der Waals surface area (Å²) in [7, 11) is 1.59. The van der Waals surface area contributed by atoms with Crippen LogP contribution in [0.4, 0.5) is 10.8 Å². The Morgan fingerprint density at radius 2 is 1.70 bits per heavy atom. The summed E-state index contributed by atoms with van der Waals surface area (Å²) in [6.45, 7) is 8.53. The van der Waals surface area contributed by atoms with Crippen LogP contribution in [0.2, 0.25) is 0 Å². The van der Waals surface area contributed by atoms with Crippen LogP contribution in [0.25, 0.3) is 0 Å². The monoisotopic (exact) mass is 675 g/mol. The summed E-state index contributed by atoms with van der Waals surface area (Å²) < 4.78 is 11.9. The van der Waals surface area contributed by atoms with Crippen molar-refractivity contribution in [2.45, 2.75) is 60.6 Å². The Labute approximate surface area is 286 Å². The lowest BCUT2D eigenvalue weighted by molar-refractivity contribution is 0.0300. The number of ether oxygens (including phenoxy) is 2. The molecular formula is C36H45N5O4S2. The average Bonchev–Trinajstić information content (AvgIpc) is 3.78. The minimum absolute atomic E-state index is 0.0568. The van der Waals surface area contributed by atoms with Gasteiger partial charge in [-0.1, -0.05) is 48.8 Å². The number of nitrogens with zero attached hydrogens (tertiary/aromatic N) is 4. The maximum Gasteiger partial charge on any atom is 0.257 e. The summed E-state index contributed by atoms with van der Waals surface area (Å²) in [5.74, 6) is 2.33. The normalized spacial score (nSPS) is 22.3. The number of benzene rings is 2. The lowest BCUT2D eigenvalue weighted by atomic mass is 9.71. The van der Waals surface area contributed by atoms with E-state index < -0.39 is 0 Å². The first-order chi connectivity index (χ1) is 22.9. The third kappa shape index (κ3) is 7.33. The van der Waals surface area contributed by atoms with Gasteiger partial charge in [0.05, 0.1) is 36.3 Å². The highest BCUT2D eigenvalue weighted by Crippen LogP contribution is 2.44. The van der Waals surface area contributed by atoms with Gasteiger partial charge in [0.1, 0.15) is 5.75 Å². The topological polar surface area (TPSA) is 87.2 Å². The second-order valence-electron chi connectivity index (χ2n) is 13.3. The van der Waals surface area contributed by atoms with Crippen LogP contribution in [0.1, 0.15) is 64.8 Å². The van der Waals surface area contributed by atoms with Gasteiger partial charge in [-0.05, 0) is 73.6 Å². The van der Waals surface area contributed by atoms with E-state index in [1.165, 1.54) is 67.3 Å². The molecule has 2 aromatic carbocycles. The molecule has 3 aromatic rings. The summed E-state index contributed by atoms with van der Waals surface area (Å²) in [5.41, 5.74) is 3.33. The fourth-order valence-corrected chi connectivity index (χ4v) is 9.53.